The fourth-order valence-electron chi connectivity index (χ4n) is 3.25. The normalized spacial score (nSPS) is 11.2. The second kappa shape index (κ2) is 12.3. The summed E-state index contributed by atoms with van der Waals surface area (Å²) in [6, 6.07) is 10.8. The van der Waals surface area contributed by atoms with E-state index in [9.17, 15) is 13.2 Å². The summed E-state index contributed by atoms with van der Waals surface area (Å²) in [5, 5.41) is 9.60. The number of unbranched alkanes of at least 4 members (excludes halogenated alkanes) is 7. The number of anilines is 1. The molecular weight excluding hydrogens is 379 g/mol. The Morgan fingerprint density at radius 1 is 1.00 bits per heavy atom. The summed E-state index contributed by atoms with van der Waals surface area (Å²) in [6.07, 6.45) is 7.05. The number of aryl methyl sites for hydroxylation is 1. The lowest BCUT2D eigenvalue weighted by molar-refractivity contribution is -0.192. The summed E-state index contributed by atoms with van der Waals surface area (Å²) >= 11 is 0. The fraction of sp³-hybridized carbons (Fsp3) is 0.522. The molecule has 0 heterocycles. The van der Waals surface area contributed by atoms with Crippen LogP contribution in [0.4, 0.5) is 18.9 Å². The first-order valence-electron chi connectivity index (χ1n) is 10.2. The monoisotopic (exact) mass is 411 g/mol. The zero-order valence-electron chi connectivity index (χ0n) is 17.3. The first-order valence-corrected chi connectivity index (χ1v) is 10.2. The van der Waals surface area contributed by atoms with Gasteiger partial charge in [-0.2, -0.15) is 13.2 Å². The Morgan fingerprint density at radius 3 is 2.07 bits per heavy atom. The van der Waals surface area contributed by atoms with Crippen LogP contribution >= 0.6 is 0 Å². The van der Waals surface area contributed by atoms with Gasteiger partial charge in [0.2, 0.25) is 0 Å². The maximum Gasteiger partial charge on any atom is 0.490 e. The number of alkyl halides is 3. The van der Waals surface area contributed by atoms with E-state index in [1.165, 1.54) is 73.3 Å². The van der Waals surface area contributed by atoms with Crippen LogP contribution in [-0.4, -0.2) is 17.3 Å². The van der Waals surface area contributed by atoms with E-state index in [2.05, 4.69) is 44.2 Å². The Morgan fingerprint density at radius 2 is 1.52 bits per heavy atom. The summed E-state index contributed by atoms with van der Waals surface area (Å²) in [5.41, 5.74) is 9.99. The van der Waals surface area contributed by atoms with Gasteiger partial charge in [0.25, 0.3) is 0 Å². The molecule has 0 fully saturated rings. The highest BCUT2D eigenvalue weighted by Gasteiger charge is 2.38. The van der Waals surface area contributed by atoms with E-state index in [4.69, 9.17) is 15.6 Å². The van der Waals surface area contributed by atoms with Crippen molar-refractivity contribution in [3.8, 4) is 0 Å². The van der Waals surface area contributed by atoms with Crippen LogP contribution in [0.25, 0.3) is 10.8 Å². The fourth-order valence-corrected chi connectivity index (χ4v) is 3.25. The van der Waals surface area contributed by atoms with Crippen molar-refractivity contribution in [1.29, 1.82) is 0 Å². The van der Waals surface area contributed by atoms with Crippen LogP contribution in [0.15, 0.2) is 30.3 Å². The van der Waals surface area contributed by atoms with Gasteiger partial charge >= 0.3 is 12.1 Å². The van der Waals surface area contributed by atoms with Crippen molar-refractivity contribution in [3.05, 3.63) is 41.5 Å². The number of hydrogen-bond acceptors (Lipinski definition) is 2. The van der Waals surface area contributed by atoms with Gasteiger partial charge in [0.1, 0.15) is 0 Å². The molecular formula is C23H32F3NO2. The lowest BCUT2D eigenvalue weighted by Crippen LogP contribution is -2.21. The molecule has 2 aromatic carbocycles. The van der Waals surface area contributed by atoms with E-state index in [-0.39, 0.29) is 0 Å². The molecule has 0 aliphatic heterocycles. The Hall–Kier alpha value is -2.24. The molecule has 3 nitrogen and oxygen atoms in total. The van der Waals surface area contributed by atoms with E-state index >= 15 is 0 Å². The number of carboxylic acids is 1. The number of nitrogen functional groups attached to an aromatic ring is 1. The SMILES string of the molecule is CCCCCCCCCCc1cc2ccccc2c(N)c1C.O=C(O)C(F)(F)F. The Balaban J connectivity index is 0.000000516. The van der Waals surface area contributed by atoms with Crippen LogP contribution in [0.3, 0.4) is 0 Å². The van der Waals surface area contributed by atoms with Crippen LogP contribution < -0.4 is 5.73 Å². The van der Waals surface area contributed by atoms with Gasteiger partial charge in [-0.1, -0.05) is 82.2 Å². The third-order valence-corrected chi connectivity index (χ3v) is 5.01. The minimum Gasteiger partial charge on any atom is -0.475 e. The van der Waals surface area contributed by atoms with Crippen molar-refractivity contribution in [3.63, 3.8) is 0 Å². The third-order valence-electron chi connectivity index (χ3n) is 5.01. The first kappa shape index (κ1) is 24.8. The average Bonchev–Trinajstić information content (AvgIpc) is 2.67. The van der Waals surface area contributed by atoms with Crippen molar-refractivity contribution < 1.29 is 23.1 Å². The highest BCUT2D eigenvalue weighted by molar-refractivity contribution is 5.95. The third kappa shape index (κ3) is 8.75. The molecule has 162 valence electrons. The topological polar surface area (TPSA) is 63.3 Å². The molecule has 3 N–H and O–H groups in total. The quantitative estimate of drug-likeness (QED) is 0.343. The van der Waals surface area contributed by atoms with Gasteiger partial charge < -0.3 is 10.8 Å². The number of carbonyl (C=O) groups is 1. The van der Waals surface area contributed by atoms with E-state index in [1.54, 1.807) is 0 Å². The van der Waals surface area contributed by atoms with Crippen molar-refractivity contribution in [1.82, 2.24) is 0 Å². The predicted octanol–water partition coefficient (Wildman–Crippen LogP) is 7.05. The van der Waals surface area contributed by atoms with Crippen LogP contribution in [0.1, 0.15) is 69.4 Å². The van der Waals surface area contributed by atoms with Crippen LogP contribution in [0, 0.1) is 6.92 Å². The molecule has 0 bridgehead atoms. The Kier molecular flexibility index (Phi) is 10.6. The largest absolute Gasteiger partial charge is 0.490 e. The molecule has 2 rings (SSSR count). The number of aliphatic carboxylic acids is 1. The van der Waals surface area contributed by atoms with Gasteiger partial charge in [-0.3, -0.25) is 0 Å². The van der Waals surface area contributed by atoms with Gasteiger partial charge in [-0.25, -0.2) is 4.79 Å². The summed E-state index contributed by atoms with van der Waals surface area (Å²) in [6.45, 7) is 4.44. The van der Waals surface area contributed by atoms with E-state index in [1.807, 2.05) is 0 Å². The molecule has 0 unspecified atom stereocenters. The van der Waals surface area contributed by atoms with Crippen molar-refractivity contribution in [2.24, 2.45) is 0 Å². The Labute approximate surface area is 171 Å². The van der Waals surface area contributed by atoms with Crippen molar-refractivity contribution in [2.45, 2.75) is 77.8 Å². The van der Waals surface area contributed by atoms with E-state index < -0.39 is 12.1 Å². The standard InChI is InChI=1S/C21H31N.C2HF3O2/c1-3-4-5-6-7-8-9-10-13-18-16-19-14-11-12-15-20(19)21(22)17(18)2;3-2(4,5)1(6)7/h11-12,14-16H,3-10,13,22H2,1-2H3;(H,6,7). The average molecular weight is 412 g/mol. The molecule has 2 aromatic rings. The zero-order valence-corrected chi connectivity index (χ0v) is 17.3. The summed E-state index contributed by atoms with van der Waals surface area (Å²) < 4.78 is 31.7. The number of carboxylic acid groups (broad SMARTS) is 1. The number of halogens is 3. The molecule has 0 saturated heterocycles. The smallest absolute Gasteiger partial charge is 0.475 e. The van der Waals surface area contributed by atoms with Gasteiger partial charge in [0.15, 0.2) is 0 Å². The van der Waals surface area contributed by atoms with E-state index in [0.717, 1.165) is 12.1 Å². The Bertz CT molecular complexity index is 773. The van der Waals surface area contributed by atoms with Gasteiger partial charge in [0, 0.05) is 11.1 Å². The maximum atomic E-state index is 10.6. The number of nitrogens with two attached hydrogens (primary N) is 1. The van der Waals surface area contributed by atoms with Crippen molar-refractivity contribution in [2.75, 3.05) is 5.73 Å². The number of hydrogen-bond donors (Lipinski definition) is 2. The predicted molar refractivity (Wildman–Crippen MR) is 113 cm³/mol. The molecule has 0 aromatic heterocycles. The highest BCUT2D eigenvalue weighted by atomic mass is 19.4. The summed E-state index contributed by atoms with van der Waals surface area (Å²) in [7, 11) is 0. The molecule has 0 aliphatic carbocycles. The van der Waals surface area contributed by atoms with Gasteiger partial charge in [-0.05, 0) is 36.3 Å². The summed E-state index contributed by atoms with van der Waals surface area (Å²) in [4.78, 5) is 8.90. The molecule has 0 radical (unpaired) electrons. The van der Waals surface area contributed by atoms with Crippen LogP contribution in [0.5, 0.6) is 0 Å². The summed E-state index contributed by atoms with van der Waals surface area (Å²) in [5.74, 6) is -2.76. The second-order valence-electron chi connectivity index (χ2n) is 7.32. The number of fused-ring (bicyclic) bond motifs is 1. The van der Waals surface area contributed by atoms with Crippen LogP contribution in [0.2, 0.25) is 0 Å². The number of rotatable bonds is 9. The molecule has 0 spiro atoms. The first-order chi connectivity index (χ1) is 13.7. The lowest BCUT2D eigenvalue weighted by atomic mass is 9.95. The van der Waals surface area contributed by atoms with Crippen LogP contribution in [-0.2, 0) is 11.2 Å². The lowest BCUT2D eigenvalue weighted by Gasteiger charge is -2.12. The second-order valence-corrected chi connectivity index (χ2v) is 7.32. The molecule has 0 amide bonds. The molecule has 6 heteroatoms. The highest BCUT2D eigenvalue weighted by Crippen LogP contribution is 2.28. The minimum atomic E-state index is -5.08. The number of benzene rings is 2. The van der Waals surface area contributed by atoms with Gasteiger partial charge in [-0.15, -0.1) is 0 Å². The zero-order chi connectivity index (χ0) is 21.9. The molecule has 0 atom stereocenters. The molecule has 29 heavy (non-hydrogen) atoms. The van der Waals surface area contributed by atoms with Crippen molar-refractivity contribution >= 4 is 22.4 Å². The van der Waals surface area contributed by atoms with Gasteiger partial charge in [0.05, 0.1) is 0 Å². The molecule has 0 aliphatic rings. The minimum absolute atomic E-state index is 0.965. The molecule has 0 saturated carbocycles. The maximum absolute atomic E-state index is 10.6. The van der Waals surface area contributed by atoms with E-state index in [0.29, 0.717) is 0 Å².